The topological polar surface area (TPSA) is 69.6 Å². The predicted molar refractivity (Wildman–Crippen MR) is 119 cm³/mol. The highest BCUT2D eigenvalue weighted by atomic mass is 79.9. The standard InChI is InChI=1S/C18H11Br3N2O3S/c1-8-4-10(19)2-3-14(8)23-17(26)12(16(25)22-18(23)27)6-9-5-11(20)7-13(21)15(9)24/h2-7,24H,1H3,(H,22,25,27)/b12-6+. The fourth-order valence-electron chi connectivity index (χ4n) is 2.60. The van der Waals surface area contributed by atoms with Crippen LogP contribution in [-0.2, 0) is 9.59 Å². The van der Waals surface area contributed by atoms with Gasteiger partial charge in [0.1, 0.15) is 11.3 Å². The summed E-state index contributed by atoms with van der Waals surface area (Å²) in [6.45, 7) is 1.84. The lowest BCUT2D eigenvalue weighted by Crippen LogP contribution is -2.54. The van der Waals surface area contributed by atoms with Gasteiger partial charge in [-0.2, -0.15) is 0 Å². The third-order valence-corrected chi connectivity index (χ3v) is 5.70. The van der Waals surface area contributed by atoms with E-state index in [9.17, 15) is 14.7 Å². The summed E-state index contributed by atoms with van der Waals surface area (Å²) >= 11 is 15.2. The van der Waals surface area contributed by atoms with Crippen LogP contribution in [0.1, 0.15) is 11.1 Å². The molecular weight excluding hydrogens is 564 g/mol. The second kappa shape index (κ2) is 7.83. The molecule has 27 heavy (non-hydrogen) atoms. The number of halogens is 3. The molecule has 0 atom stereocenters. The zero-order valence-electron chi connectivity index (χ0n) is 13.7. The maximum atomic E-state index is 13.1. The van der Waals surface area contributed by atoms with E-state index in [4.69, 9.17) is 12.2 Å². The predicted octanol–water partition coefficient (Wildman–Crippen LogP) is 4.82. The van der Waals surface area contributed by atoms with Gasteiger partial charge in [0.2, 0.25) is 0 Å². The molecule has 0 spiro atoms. The minimum Gasteiger partial charge on any atom is -0.506 e. The monoisotopic (exact) mass is 572 g/mol. The number of phenols is 1. The summed E-state index contributed by atoms with van der Waals surface area (Å²) in [6, 6.07) is 8.64. The van der Waals surface area contributed by atoms with Crippen LogP contribution in [0.5, 0.6) is 5.75 Å². The lowest BCUT2D eigenvalue weighted by atomic mass is 10.1. The van der Waals surface area contributed by atoms with Crippen molar-refractivity contribution in [2.24, 2.45) is 0 Å². The zero-order chi connectivity index (χ0) is 19.9. The summed E-state index contributed by atoms with van der Waals surface area (Å²) in [5.74, 6) is -1.26. The number of carbonyl (C=O) groups excluding carboxylic acids is 2. The Labute approximate surface area is 185 Å². The van der Waals surface area contributed by atoms with E-state index in [1.54, 1.807) is 24.3 Å². The molecule has 2 aromatic rings. The Morgan fingerprint density at radius 3 is 2.48 bits per heavy atom. The van der Waals surface area contributed by atoms with Crippen LogP contribution in [0, 0.1) is 6.92 Å². The number of rotatable bonds is 2. The molecule has 0 saturated carbocycles. The van der Waals surface area contributed by atoms with Gasteiger partial charge in [-0.05, 0) is 77.0 Å². The number of amides is 2. The number of hydrogen-bond donors (Lipinski definition) is 2. The van der Waals surface area contributed by atoms with Gasteiger partial charge in [-0.1, -0.05) is 31.9 Å². The molecule has 0 bridgehead atoms. The highest BCUT2D eigenvalue weighted by Gasteiger charge is 2.35. The van der Waals surface area contributed by atoms with E-state index in [0.717, 1.165) is 10.0 Å². The van der Waals surface area contributed by atoms with Gasteiger partial charge in [-0.25, -0.2) is 0 Å². The molecule has 1 aliphatic heterocycles. The minimum absolute atomic E-state index is 0.00668. The van der Waals surface area contributed by atoms with Gasteiger partial charge in [0.25, 0.3) is 11.8 Å². The Morgan fingerprint density at radius 2 is 1.81 bits per heavy atom. The number of nitrogens with one attached hydrogen (secondary N) is 1. The molecule has 0 aromatic heterocycles. The molecule has 0 unspecified atom stereocenters. The summed E-state index contributed by atoms with van der Waals surface area (Å²) in [4.78, 5) is 26.7. The molecule has 1 heterocycles. The number of hydrogen-bond acceptors (Lipinski definition) is 4. The Hall–Kier alpha value is -1.55. The van der Waals surface area contributed by atoms with E-state index in [0.29, 0.717) is 20.2 Å². The fourth-order valence-corrected chi connectivity index (χ4v) is 4.61. The number of aryl methyl sites for hydroxylation is 1. The van der Waals surface area contributed by atoms with Crippen molar-refractivity contribution in [3.05, 3.63) is 60.5 Å². The number of anilines is 1. The van der Waals surface area contributed by atoms with Crippen LogP contribution in [0.2, 0.25) is 0 Å². The third kappa shape index (κ3) is 4.01. The molecule has 0 aliphatic carbocycles. The summed E-state index contributed by atoms with van der Waals surface area (Å²) < 4.78 is 1.98. The van der Waals surface area contributed by atoms with E-state index in [1.165, 1.54) is 11.0 Å². The van der Waals surface area contributed by atoms with Crippen molar-refractivity contribution in [1.82, 2.24) is 5.32 Å². The first-order chi connectivity index (χ1) is 12.7. The van der Waals surface area contributed by atoms with Gasteiger partial charge in [0.05, 0.1) is 10.2 Å². The van der Waals surface area contributed by atoms with Crippen LogP contribution < -0.4 is 10.2 Å². The molecule has 0 radical (unpaired) electrons. The first-order valence-electron chi connectivity index (χ1n) is 7.54. The largest absolute Gasteiger partial charge is 0.506 e. The lowest BCUT2D eigenvalue weighted by Gasteiger charge is -2.30. The number of phenolic OH excluding ortho intramolecular Hbond substituents is 1. The van der Waals surface area contributed by atoms with Crippen molar-refractivity contribution >= 4 is 88.7 Å². The summed E-state index contributed by atoms with van der Waals surface area (Å²) in [7, 11) is 0. The molecule has 138 valence electrons. The Bertz CT molecular complexity index is 1040. The van der Waals surface area contributed by atoms with E-state index in [1.807, 2.05) is 13.0 Å². The molecule has 1 aliphatic rings. The average Bonchev–Trinajstić information content (AvgIpc) is 2.57. The normalized spacial score (nSPS) is 16.1. The van der Waals surface area contributed by atoms with Gasteiger partial charge in [0, 0.05) is 14.5 Å². The maximum absolute atomic E-state index is 13.1. The first kappa shape index (κ1) is 20.2. The van der Waals surface area contributed by atoms with E-state index < -0.39 is 11.8 Å². The highest BCUT2D eigenvalue weighted by molar-refractivity contribution is 9.11. The lowest BCUT2D eigenvalue weighted by molar-refractivity contribution is -0.122. The molecule has 2 aromatic carbocycles. The van der Waals surface area contributed by atoms with E-state index in [-0.39, 0.29) is 16.4 Å². The smallest absolute Gasteiger partial charge is 0.270 e. The number of benzene rings is 2. The number of thiocarbonyl (C=S) groups is 1. The zero-order valence-corrected chi connectivity index (χ0v) is 19.3. The van der Waals surface area contributed by atoms with Gasteiger partial charge in [-0.3, -0.25) is 19.8 Å². The van der Waals surface area contributed by atoms with E-state index in [2.05, 4.69) is 53.1 Å². The molecule has 9 heteroatoms. The molecule has 1 fully saturated rings. The van der Waals surface area contributed by atoms with Crippen LogP contribution in [0.4, 0.5) is 5.69 Å². The highest BCUT2D eigenvalue weighted by Crippen LogP contribution is 2.34. The van der Waals surface area contributed by atoms with Crippen molar-refractivity contribution in [1.29, 1.82) is 0 Å². The quantitative estimate of drug-likeness (QED) is 0.307. The third-order valence-electron chi connectivity index (χ3n) is 3.86. The minimum atomic E-state index is -0.619. The second-order valence-corrected chi connectivity index (χ2v) is 8.79. The van der Waals surface area contributed by atoms with Gasteiger partial charge < -0.3 is 5.11 Å². The molecule has 2 amide bonds. The second-order valence-electron chi connectivity index (χ2n) is 5.71. The number of aromatic hydroxyl groups is 1. The van der Waals surface area contributed by atoms with Crippen LogP contribution in [-0.4, -0.2) is 22.0 Å². The molecule has 3 rings (SSSR count). The average molecular weight is 575 g/mol. The van der Waals surface area contributed by atoms with Crippen molar-refractivity contribution < 1.29 is 14.7 Å². The number of carbonyl (C=O) groups is 2. The van der Waals surface area contributed by atoms with Crippen molar-refractivity contribution in [2.75, 3.05) is 4.90 Å². The van der Waals surface area contributed by atoms with Crippen LogP contribution in [0.15, 0.2) is 49.3 Å². The van der Waals surface area contributed by atoms with Gasteiger partial charge in [-0.15, -0.1) is 0 Å². The molecular formula is C18H11Br3N2O3S. The Morgan fingerprint density at radius 1 is 1.11 bits per heavy atom. The van der Waals surface area contributed by atoms with Crippen LogP contribution in [0.3, 0.4) is 0 Å². The van der Waals surface area contributed by atoms with Gasteiger partial charge in [0.15, 0.2) is 5.11 Å². The van der Waals surface area contributed by atoms with Crippen molar-refractivity contribution in [3.63, 3.8) is 0 Å². The van der Waals surface area contributed by atoms with Gasteiger partial charge >= 0.3 is 0 Å². The fraction of sp³-hybridized carbons (Fsp3) is 0.0556. The molecule has 5 nitrogen and oxygen atoms in total. The number of nitrogens with zero attached hydrogens (tertiary/aromatic N) is 1. The maximum Gasteiger partial charge on any atom is 0.270 e. The first-order valence-corrected chi connectivity index (χ1v) is 10.3. The van der Waals surface area contributed by atoms with Crippen molar-refractivity contribution in [2.45, 2.75) is 6.92 Å². The van der Waals surface area contributed by atoms with Crippen LogP contribution >= 0.6 is 60.0 Å². The summed E-state index contributed by atoms with van der Waals surface area (Å²) in [5.41, 5.74) is 1.56. The Kier molecular flexibility index (Phi) is 5.85. The van der Waals surface area contributed by atoms with Crippen molar-refractivity contribution in [3.8, 4) is 5.75 Å². The van der Waals surface area contributed by atoms with E-state index >= 15 is 0 Å². The molecule has 1 saturated heterocycles. The SMILES string of the molecule is Cc1cc(Br)ccc1N1C(=O)/C(=C/c2cc(Br)cc(Br)c2O)C(=O)NC1=S. The Balaban J connectivity index is 2.11. The summed E-state index contributed by atoms with van der Waals surface area (Å²) in [6.07, 6.45) is 1.34. The van der Waals surface area contributed by atoms with Crippen LogP contribution in [0.25, 0.3) is 6.08 Å². The molecule has 2 N–H and O–H groups in total. The summed E-state index contributed by atoms with van der Waals surface area (Å²) in [5, 5.41) is 12.8.